The molecule has 8 heteroatoms. The summed E-state index contributed by atoms with van der Waals surface area (Å²) < 4.78 is 22.9. The zero-order valence-electron chi connectivity index (χ0n) is 10.9. The molecule has 2 rings (SSSR count). The van der Waals surface area contributed by atoms with Gasteiger partial charge in [-0.1, -0.05) is 12.1 Å². The molecule has 1 aliphatic rings. The van der Waals surface area contributed by atoms with E-state index < -0.39 is 25.9 Å². The van der Waals surface area contributed by atoms with Gasteiger partial charge in [0, 0.05) is 25.4 Å². The monoisotopic (exact) mass is 298 g/mol. The molecule has 1 aliphatic heterocycles. The Balaban J connectivity index is 2.24. The fourth-order valence-corrected chi connectivity index (χ4v) is 3.23. The van der Waals surface area contributed by atoms with Crippen molar-refractivity contribution in [3.63, 3.8) is 0 Å². The topological polar surface area (TPSA) is 97.6 Å². The summed E-state index contributed by atoms with van der Waals surface area (Å²) in [6, 6.07) is 5.67. The van der Waals surface area contributed by atoms with Crippen LogP contribution >= 0.6 is 0 Å². The normalized spacial score (nSPS) is 19.1. The van der Waals surface area contributed by atoms with Crippen molar-refractivity contribution in [2.45, 2.75) is 11.7 Å². The van der Waals surface area contributed by atoms with Gasteiger partial charge in [0.05, 0.1) is 10.2 Å². The first-order chi connectivity index (χ1) is 9.30. The third-order valence-corrected chi connectivity index (χ3v) is 4.96. The van der Waals surface area contributed by atoms with Crippen LogP contribution in [0.1, 0.15) is 16.8 Å². The van der Waals surface area contributed by atoms with E-state index in [-0.39, 0.29) is 17.8 Å². The molecule has 20 heavy (non-hydrogen) atoms. The lowest BCUT2D eigenvalue weighted by Crippen LogP contribution is -2.31. The molecule has 1 amide bonds. The first-order valence-electron chi connectivity index (χ1n) is 6.02. The Morgan fingerprint density at radius 2 is 2.05 bits per heavy atom. The van der Waals surface area contributed by atoms with Crippen LogP contribution in [-0.4, -0.2) is 48.7 Å². The third kappa shape index (κ3) is 2.79. The molecule has 0 N–H and O–H groups in total. The Morgan fingerprint density at radius 1 is 1.40 bits per heavy atom. The molecule has 1 unspecified atom stereocenters. The molecule has 0 bridgehead atoms. The molecule has 7 nitrogen and oxygen atoms in total. The maximum absolute atomic E-state index is 12.3. The Bertz CT molecular complexity index is 656. The summed E-state index contributed by atoms with van der Waals surface area (Å²) >= 11 is 0. The highest BCUT2D eigenvalue weighted by atomic mass is 32.2. The minimum absolute atomic E-state index is 0.00773. The van der Waals surface area contributed by atoms with Crippen LogP contribution in [0.5, 0.6) is 0 Å². The summed E-state index contributed by atoms with van der Waals surface area (Å²) in [6.07, 6.45) is 1.50. The molecule has 1 heterocycles. The number of likely N-dealkylation sites (tertiary alicyclic amines) is 1. The second kappa shape index (κ2) is 5.20. The molecule has 1 aromatic carbocycles. The first kappa shape index (κ1) is 14.4. The third-order valence-electron chi connectivity index (χ3n) is 3.37. The number of benzene rings is 1. The zero-order chi connectivity index (χ0) is 14.9. The van der Waals surface area contributed by atoms with Crippen LogP contribution in [0.25, 0.3) is 0 Å². The Hall–Kier alpha value is -1.96. The number of amides is 1. The molecule has 0 aliphatic carbocycles. The van der Waals surface area contributed by atoms with Crippen LogP contribution in [0.3, 0.4) is 0 Å². The minimum atomic E-state index is -3.21. The predicted octanol–water partition coefficient (Wildman–Crippen LogP) is 0.854. The summed E-state index contributed by atoms with van der Waals surface area (Å²) in [5.74, 6) is -0.497. The molecular weight excluding hydrogens is 284 g/mol. The van der Waals surface area contributed by atoms with Crippen molar-refractivity contribution in [3.05, 3.63) is 39.9 Å². The summed E-state index contributed by atoms with van der Waals surface area (Å²) in [5, 5.41) is 10.3. The quantitative estimate of drug-likeness (QED) is 0.608. The number of hydrogen-bond acceptors (Lipinski definition) is 5. The average molecular weight is 298 g/mol. The van der Waals surface area contributed by atoms with Crippen molar-refractivity contribution in [3.8, 4) is 0 Å². The molecule has 1 atom stereocenters. The van der Waals surface area contributed by atoms with Gasteiger partial charge in [0.1, 0.15) is 5.56 Å². The summed E-state index contributed by atoms with van der Waals surface area (Å²) in [5.41, 5.74) is -0.271. The van der Waals surface area contributed by atoms with E-state index in [0.717, 1.165) is 6.26 Å². The zero-order valence-corrected chi connectivity index (χ0v) is 11.7. The smallest absolute Gasteiger partial charge is 0.282 e. The molecular formula is C12H14N2O5S. The van der Waals surface area contributed by atoms with Gasteiger partial charge in [-0.15, -0.1) is 0 Å². The Morgan fingerprint density at radius 3 is 2.60 bits per heavy atom. The largest absolute Gasteiger partial charge is 0.337 e. The van der Waals surface area contributed by atoms with Crippen molar-refractivity contribution in [1.82, 2.24) is 4.90 Å². The second-order valence-corrected chi connectivity index (χ2v) is 7.09. The molecule has 0 saturated carbocycles. The fraction of sp³-hybridized carbons (Fsp3) is 0.417. The van der Waals surface area contributed by atoms with Gasteiger partial charge < -0.3 is 4.90 Å². The Labute approximate surface area is 116 Å². The highest BCUT2D eigenvalue weighted by molar-refractivity contribution is 7.91. The maximum atomic E-state index is 12.3. The van der Waals surface area contributed by atoms with Gasteiger partial charge in [0.2, 0.25) is 0 Å². The number of nitro benzene ring substituents is 1. The molecule has 0 spiro atoms. The van der Waals surface area contributed by atoms with Crippen molar-refractivity contribution < 1.29 is 18.1 Å². The number of nitro groups is 1. The van der Waals surface area contributed by atoms with Crippen LogP contribution in [0.4, 0.5) is 5.69 Å². The standard InChI is InChI=1S/C12H14N2O5S/c1-20(18,19)9-6-7-13(8-9)12(15)10-4-2-3-5-11(10)14(16)17/h2-5,9H,6-8H2,1H3. The van der Waals surface area contributed by atoms with E-state index in [1.807, 2.05) is 0 Å². The highest BCUT2D eigenvalue weighted by Crippen LogP contribution is 2.23. The van der Waals surface area contributed by atoms with Gasteiger partial charge in [-0.3, -0.25) is 14.9 Å². The summed E-state index contributed by atoms with van der Waals surface area (Å²) in [7, 11) is -3.21. The van der Waals surface area contributed by atoms with E-state index in [2.05, 4.69) is 0 Å². The van der Waals surface area contributed by atoms with Gasteiger partial charge in [-0.2, -0.15) is 0 Å². The van der Waals surface area contributed by atoms with Gasteiger partial charge in [0.25, 0.3) is 11.6 Å². The number of para-hydroxylation sites is 1. The van der Waals surface area contributed by atoms with Crippen LogP contribution in [0.2, 0.25) is 0 Å². The van der Waals surface area contributed by atoms with E-state index in [9.17, 15) is 23.3 Å². The van der Waals surface area contributed by atoms with E-state index in [1.54, 1.807) is 6.07 Å². The van der Waals surface area contributed by atoms with E-state index in [4.69, 9.17) is 0 Å². The number of nitrogens with zero attached hydrogens (tertiary/aromatic N) is 2. The predicted molar refractivity (Wildman–Crippen MR) is 72.2 cm³/mol. The lowest BCUT2D eigenvalue weighted by molar-refractivity contribution is -0.385. The second-order valence-electron chi connectivity index (χ2n) is 4.77. The van der Waals surface area contributed by atoms with Crippen molar-refractivity contribution in [2.75, 3.05) is 19.3 Å². The maximum Gasteiger partial charge on any atom is 0.282 e. The molecule has 1 saturated heterocycles. The number of carbonyl (C=O) groups is 1. The SMILES string of the molecule is CS(=O)(=O)C1CCN(C(=O)c2ccccc2[N+](=O)[O-])C1. The summed E-state index contributed by atoms with van der Waals surface area (Å²) in [6.45, 7) is 0.381. The van der Waals surface area contributed by atoms with Crippen LogP contribution in [0.15, 0.2) is 24.3 Å². The van der Waals surface area contributed by atoms with E-state index in [1.165, 1.54) is 23.1 Å². The molecule has 1 aromatic rings. The number of sulfone groups is 1. The summed E-state index contributed by atoms with van der Waals surface area (Å²) in [4.78, 5) is 23.9. The lowest BCUT2D eigenvalue weighted by atomic mass is 10.1. The first-order valence-corrected chi connectivity index (χ1v) is 7.97. The van der Waals surface area contributed by atoms with Gasteiger partial charge in [0.15, 0.2) is 9.84 Å². The number of carbonyl (C=O) groups excluding carboxylic acids is 1. The molecule has 0 radical (unpaired) electrons. The fourth-order valence-electron chi connectivity index (χ4n) is 2.25. The van der Waals surface area contributed by atoms with E-state index in [0.29, 0.717) is 13.0 Å². The van der Waals surface area contributed by atoms with Crippen molar-refractivity contribution in [2.24, 2.45) is 0 Å². The van der Waals surface area contributed by atoms with E-state index >= 15 is 0 Å². The highest BCUT2D eigenvalue weighted by Gasteiger charge is 2.34. The van der Waals surface area contributed by atoms with Gasteiger partial charge in [-0.25, -0.2) is 8.42 Å². The number of hydrogen-bond donors (Lipinski definition) is 0. The minimum Gasteiger partial charge on any atom is -0.337 e. The van der Waals surface area contributed by atoms with Crippen LogP contribution < -0.4 is 0 Å². The Kier molecular flexibility index (Phi) is 3.76. The lowest BCUT2D eigenvalue weighted by Gasteiger charge is -2.16. The number of rotatable bonds is 3. The molecule has 108 valence electrons. The van der Waals surface area contributed by atoms with Crippen molar-refractivity contribution >= 4 is 21.4 Å². The molecule has 0 aromatic heterocycles. The average Bonchev–Trinajstić information content (AvgIpc) is 2.87. The van der Waals surface area contributed by atoms with Gasteiger partial charge >= 0.3 is 0 Å². The van der Waals surface area contributed by atoms with Crippen molar-refractivity contribution in [1.29, 1.82) is 0 Å². The molecule has 1 fully saturated rings. The van der Waals surface area contributed by atoms with Crippen LogP contribution in [0, 0.1) is 10.1 Å². The van der Waals surface area contributed by atoms with Crippen LogP contribution in [-0.2, 0) is 9.84 Å². The van der Waals surface area contributed by atoms with Gasteiger partial charge in [-0.05, 0) is 12.5 Å².